The normalized spacial score (nSPS) is 14.0. The van der Waals surface area contributed by atoms with E-state index in [1.165, 1.54) is 11.3 Å². The summed E-state index contributed by atoms with van der Waals surface area (Å²) < 4.78 is 5.49. The largest absolute Gasteiger partial charge is 0.494 e. The number of aromatic nitrogens is 2. The Morgan fingerprint density at radius 1 is 0.966 bits per heavy atom. The standard InChI is InChI=1S/C23H27N5O/c1-3-29-21-9-7-19(8-10-21)25-23-24-12-11-22(26-23)28-15-13-27(14-16-28)20-6-4-5-18(2)17-20/h4-12,17H,3,13-16H2,1-2H3,(H,24,25,26). The highest BCUT2D eigenvalue weighted by molar-refractivity contribution is 5.57. The van der Waals surface area contributed by atoms with E-state index in [2.05, 4.69) is 51.3 Å². The van der Waals surface area contributed by atoms with Crippen LogP contribution < -0.4 is 19.9 Å². The first-order chi connectivity index (χ1) is 14.2. The lowest BCUT2D eigenvalue weighted by atomic mass is 10.2. The molecule has 4 rings (SSSR count). The lowest BCUT2D eigenvalue weighted by Gasteiger charge is -2.36. The zero-order chi connectivity index (χ0) is 20.1. The molecule has 0 unspecified atom stereocenters. The number of piperazine rings is 1. The third-order valence-electron chi connectivity index (χ3n) is 5.03. The van der Waals surface area contributed by atoms with Crippen molar-refractivity contribution in [2.45, 2.75) is 13.8 Å². The van der Waals surface area contributed by atoms with Gasteiger partial charge >= 0.3 is 0 Å². The summed E-state index contributed by atoms with van der Waals surface area (Å²) in [6.07, 6.45) is 1.81. The fraction of sp³-hybridized carbons (Fsp3) is 0.304. The molecule has 0 aliphatic carbocycles. The highest BCUT2D eigenvalue weighted by Crippen LogP contribution is 2.22. The van der Waals surface area contributed by atoms with E-state index in [4.69, 9.17) is 9.72 Å². The van der Waals surface area contributed by atoms with Gasteiger partial charge in [0.15, 0.2) is 0 Å². The van der Waals surface area contributed by atoms with Crippen molar-refractivity contribution in [1.82, 2.24) is 9.97 Å². The molecule has 150 valence electrons. The van der Waals surface area contributed by atoms with Crippen molar-refractivity contribution in [3.63, 3.8) is 0 Å². The number of aryl methyl sites for hydroxylation is 1. The van der Waals surface area contributed by atoms with Crippen LogP contribution in [0.2, 0.25) is 0 Å². The van der Waals surface area contributed by atoms with Crippen molar-refractivity contribution in [3.8, 4) is 5.75 Å². The van der Waals surface area contributed by atoms with Crippen LogP contribution in [0.25, 0.3) is 0 Å². The maximum Gasteiger partial charge on any atom is 0.229 e. The fourth-order valence-corrected chi connectivity index (χ4v) is 3.53. The number of hydrogen-bond donors (Lipinski definition) is 1. The monoisotopic (exact) mass is 389 g/mol. The van der Waals surface area contributed by atoms with E-state index in [1.807, 2.05) is 43.5 Å². The first kappa shape index (κ1) is 19.1. The van der Waals surface area contributed by atoms with Gasteiger partial charge in [-0.2, -0.15) is 4.98 Å². The van der Waals surface area contributed by atoms with Gasteiger partial charge < -0.3 is 19.9 Å². The Labute approximate surface area is 172 Å². The lowest BCUT2D eigenvalue weighted by molar-refractivity contribution is 0.340. The molecule has 6 heteroatoms. The van der Waals surface area contributed by atoms with Crippen LogP contribution in [-0.4, -0.2) is 42.8 Å². The predicted molar refractivity (Wildman–Crippen MR) is 119 cm³/mol. The molecule has 2 heterocycles. The van der Waals surface area contributed by atoms with E-state index >= 15 is 0 Å². The van der Waals surface area contributed by atoms with Crippen molar-refractivity contribution in [1.29, 1.82) is 0 Å². The Hall–Kier alpha value is -3.28. The number of ether oxygens (including phenoxy) is 1. The number of hydrogen-bond acceptors (Lipinski definition) is 6. The molecular formula is C23H27N5O. The van der Waals surface area contributed by atoms with E-state index < -0.39 is 0 Å². The quantitative estimate of drug-likeness (QED) is 0.680. The second-order valence-corrected chi connectivity index (χ2v) is 7.13. The van der Waals surface area contributed by atoms with Crippen molar-refractivity contribution >= 4 is 23.1 Å². The average molecular weight is 390 g/mol. The number of benzene rings is 2. The van der Waals surface area contributed by atoms with Gasteiger partial charge in [0, 0.05) is 43.8 Å². The maximum absolute atomic E-state index is 5.49. The maximum atomic E-state index is 5.49. The Kier molecular flexibility index (Phi) is 5.79. The molecule has 0 radical (unpaired) electrons. The number of anilines is 4. The zero-order valence-electron chi connectivity index (χ0n) is 17.0. The van der Waals surface area contributed by atoms with Crippen molar-refractivity contribution < 1.29 is 4.74 Å². The molecule has 1 aliphatic rings. The van der Waals surface area contributed by atoms with Crippen LogP contribution in [0.1, 0.15) is 12.5 Å². The third kappa shape index (κ3) is 4.77. The van der Waals surface area contributed by atoms with E-state index in [-0.39, 0.29) is 0 Å². The minimum absolute atomic E-state index is 0.604. The van der Waals surface area contributed by atoms with E-state index in [9.17, 15) is 0 Å². The third-order valence-corrected chi connectivity index (χ3v) is 5.03. The second-order valence-electron chi connectivity index (χ2n) is 7.13. The fourth-order valence-electron chi connectivity index (χ4n) is 3.53. The number of nitrogens with one attached hydrogen (secondary N) is 1. The molecule has 0 spiro atoms. The molecule has 3 aromatic rings. The molecule has 0 bridgehead atoms. The van der Waals surface area contributed by atoms with Crippen molar-refractivity contribution in [2.75, 3.05) is 47.9 Å². The van der Waals surface area contributed by atoms with Gasteiger partial charge in [0.25, 0.3) is 0 Å². The molecule has 1 aliphatic heterocycles. The Balaban J connectivity index is 1.39. The molecule has 1 fully saturated rings. The van der Waals surface area contributed by atoms with E-state index in [0.717, 1.165) is 43.4 Å². The van der Waals surface area contributed by atoms with Crippen molar-refractivity contribution in [2.24, 2.45) is 0 Å². The van der Waals surface area contributed by atoms with Crippen LogP contribution >= 0.6 is 0 Å². The van der Waals surface area contributed by atoms with Gasteiger partial charge in [-0.3, -0.25) is 0 Å². The molecule has 0 atom stereocenters. The summed E-state index contributed by atoms with van der Waals surface area (Å²) in [6, 6.07) is 18.5. The lowest BCUT2D eigenvalue weighted by Crippen LogP contribution is -2.46. The van der Waals surface area contributed by atoms with Crippen LogP contribution in [0, 0.1) is 6.92 Å². The molecule has 2 aromatic carbocycles. The average Bonchev–Trinajstić information content (AvgIpc) is 2.76. The molecular weight excluding hydrogens is 362 g/mol. The Morgan fingerprint density at radius 3 is 2.45 bits per heavy atom. The van der Waals surface area contributed by atoms with E-state index in [1.54, 1.807) is 0 Å². The van der Waals surface area contributed by atoms with Crippen LogP contribution in [-0.2, 0) is 0 Å². The van der Waals surface area contributed by atoms with Gasteiger partial charge in [-0.05, 0) is 61.9 Å². The topological polar surface area (TPSA) is 53.5 Å². The molecule has 1 N–H and O–H groups in total. The highest BCUT2D eigenvalue weighted by atomic mass is 16.5. The van der Waals surface area contributed by atoms with Gasteiger partial charge in [0.05, 0.1) is 6.61 Å². The van der Waals surface area contributed by atoms with Gasteiger partial charge in [-0.15, -0.1) is 0 Å². The molecule has 0 saturated carbocycles. The van der Waals surface area contributed by atoms with Gasteiger partial charge in [0.2, 0.25) is 5.95 Å². The molecule has 1 saturated heterocycles. The van der Waals surface area contributed by atoms with Crippen LogP contribution in [0.5, 0.6) is 5.75 Å². The molecule has 29 heavy (non-hydrogen) atoms. The summed E-state index contributed by atoms with van der Waals surface area (Å²) >= 11 is 0. The predicted octanol–water partition coefficient (Wildman–Crippen LogP) is 4.25. The number of nitrogens with zero attached hydrogens (tertiary/aromatic N) is 4. The van der Waals surface area contributed by atoms with Gasteiger partial charge in [-0.1, -0.05) is 12.1 Å². The molecule has 0 amide bonds. The summed E-state index contributed by atoms with van der Waals surface area (Å²) in [5, 5.41) is 3.28. The van der Waals surface area contributed by atoms with Gasteiger partial charge in [0.1, 0.15) is 11.6 Å². The first-order valence-electron chi connectivity index (χ1n) is 10.1. The summed E-state index contributed by atoms with van der Waals surface area (Å²) in [7, 11) is 0. The van der Waals surface area contributed by atoms with Crippen LogP contribution in [0.3, 0.4) is 0 Å². The minimum atomic E-state index is 0.604. The minimum Gasteiger partial charge on any atom is -0.494 e. The van der Waals surface area contributed by atoms with E-state index in [0.29, 0.717) is 12.6 Å². The smallest absolute Gasteiger partial charge is 0.229 e. The molecule has 6 nitrogen and oxygen atoms in total. The van der Waals surface area contributed by atoms with Crippen LogP contribution in [0.4, 0.5) is 23.1 Å². The Bertz CT molecular complexity index is 936. The summed E-state index contributed by atoms with van der Waals surface area (Å²) in [5.74, 6) is 2.42. The number of rotatable bonds is 6. The Morgan fingerprint density at radius 2 is 1.72 bits per heavy atom. The molecule has 1 aromatic heterocycles. The summed E-state index contributed by atoms with van der Waals surface area (Å²) in [5.41, 5.74) is 3.53. The van der Waals surface area contributed by atoms with Crippen molar-refractivity contribution in [3.05, 3.63) is 66.4 Å². The first-order valence-corrected chi connectivity index (χ1v) is 10.1. The zero-order valence-corrected chi connectivity index (χ0v) is 17.0. The second kappa shape index (κ2) is 8.82. The summed E-state index contributed by atoms with van der Waals surface area (Å²) in [6.45, 7) is 8.62. The summed E-state index contributed by atoms with van der Waals surface area (Å²) in [4.78, 5) is 13.8. The SMILES string of the molecule is CCOc1ccc(Nc2nccc(N3CCN(c4cccc(C)c4)CC3)n2)cc1. The van der Waals surface area contributed by atoms with Gasteiger partial charge in [-0.25, -0.2) is 4.98 Å². The highest BCUT2D eigenvalue weighted by Gasteiger charge is 2.19. The van der Waals surface area contributed by atoms with Crippen LogP contribution in [0.15, 0.2) is 60.8 Å².